The minimum Gasteiger partial charge on any atom is -0.350 e. The standard InChI is InChI=1S/C43H39N3/c1-42(2)35-15-9-7-13-31(35)33-21-19-29(24-37(33)42)40-44-39(28-18-17-26-11-5-6-12-27(26)23-28)45-41(46-40)30-20-22-34-32-14-8-10-16-36(32)43(3,4)38(34)25-30/h5-25,31,35,39,41,45H,1-4H3,(H,44,46). The summed E-state index contributed by atoms with van der Waals surface area (Å²) < 4.78 is 0. The fourth-order valence-corrected chi connectivity index (χ4v) is 8.65. The van der Waals surface area contributed by atoms with Crippen LogP contribution >= 0.6 is 0 Å². The highest BCUT2D eigenvalue weighted by atomic mass is 15.3. The summed E-state index contributed by atoms with van der Waals surface area (Å²) in [6, 6.07) is 38.2. The van der Waals surface area contributed by atoms with Crippen molar-refractivity contribution in [2.75, 3.05) is 0 Å². The molecule has 0 bridgehead atoms. The van der Waals surface area contributed by atoms with Crippen molar-refractivity contribution in [3.8, 4) is 11.1 Å². The van der Waals surface area contributed by atoms with E-state index in [-0.39, 0.29) is 23.2 Å². The van der Waals surface area contributed by atoms with Gasteiger partial charge in [-0.25, -0.2) is 4.99 Å². The predicted octanol–water partition coefficient (Wildman–Crippen LogP) is 9.60. The number of amidine groups is 1. The fourth-order valence-electron chi connectivity index (χ4n) is 8.65. The van der Waals surface area contributed by atoms with Gasteiger partial charge in [0, 0.05) is 16.9 Å². The third kappa shape index (κ3) is 4.04. The molecule has 5 aromatic rings. The summed E-state index contributed by atoms with van der Waals surface area (Å²) in [6.45, 7) is 9.48. The molecule has 0 amide bonds. The summed E-state index contributed by atoms with van der Waals surface area (Å²) in [7, 11) is 0. The van der Waals surface area contributed by atoms with Crippen LogP contribution in [0.4, 0.5) is 0 Å². The Morgan fingerprint density at radius 2 is 1.39 bits per heavy atom. The normalized spacial score (nSPS) is 24.5. The Morgan fingerprint density at radius 3 is 2.28 bits per heavy atom. The molecule has 0 saturated carbocycles. The smallest absolute Gasteiger partial charge is 0.131 e. The van der Waals surface area contributed by atoms with Crippen molar-refractivity contribution >= 4 is 16.6 Å². The lowest BCUT2D eigenvalue weighted by atomic mass is 9.74. The van der Waals surface area contributed by atoms with Crippen LogP contribution in [-0.4, -0.2) is 5.84 Å². The number of hydrogen-bond acceptors (Lipinski definition) is 3. The number of fused-ring (bicyclic) bond motifs is 7. The van der Waals surface area contributed by atoms with Gasteiger partial charge in [-0.3, -0.25) is 5.32 Å². The van der Waals surface area contributed by atoms with Crippen molar-refractivity contribution in [3.63, 3.8) is 0 Å². The molecule has 1 heterocycles. The van der Waals surface area contributed by atoms with Crippen LogP contribution in [0, 0.1) is 5.92 Å². The third-order valence-corrected chi connectivity index (χ3v) is 11.2. The molecule has 0 fully saturated rings. The first-order chi connectivity index (χ1) is 22.3. The minimum atomic E-state index is -0.202. The zero-order chi connectivity index (χ0) is 31.2. The molecular weight excluding hydrogens is 558 g/mol. The van der Waals surface area contributed by atoms with Crippen LogP contribution in [0.15, 0.2) is 132 Å². The summed E-state index contributed by atoms with van der Waals surface area (Å²) >= 11 is 0. The summed E-state index contributed by atoms with van der Waals surface area (Å²) in [5.41, 5.74) is 11.8. The van der Waals surface area contributed by atoms with E-state index in [0.717, 1.165) is 11.4 Å². The number of benzene rings is 5. The fraction of sp³-hybridized carbons (Fsp3) is 0.233. The van der Waals surface area contributed by atoms with Gasteiger partial charge in [0.1, 0.15) is 18.2 Å². The quantitative estimate of drug-likeness (QED) is 0.217. The van der Waals surface area contributed by atoms with E-state index in [1.807, 2.05) is 0 Å². The minimum absolute atomic E-state index is 0.0441. The van der Waals surface area contributed by atoms with E-state index < -0.39 is 0 Å². The molecule has 9 rings (SSSR count). The highest BCUT2D eigenvalue weighted by Gasteiger charge is 2.44. The monoisotopic (exact) mass is 597 g/mol. The number of hydrogen-bond donors (Lipinski definition) is 2. The Morgan fingerprint density at radius 1 is 0.630 bits per heavy atom. The maximum Gasteiger partial charge on any atom is 0.131 e. The van der Waals surface area contributed by atoms with E-state index in [1.165, 1.54) is 55.3 Å². The van der Waals surface area contributed by atoms with E-state index in [9.17, 15) is 0 Å². The molecule has 2 N–H and O–H groups in total. The Balaban J connectivity index is 1.16. The number of rotatable bonds is 3. The molecule has 5 aromatic carbocycles. The second-order valence-electron chi connectivity index (χ2n) is 14.6. The van der Waals surface area contributed by atoms with Gasteiger partial charge in [-0.05, 0) is 78.7 Å². The second kappa shape index (κ2) is 9.88. The SMILES string of the molecule is CC1(C)c2ccccc2-c2ccc(C3N=C(c4ccc5c(c4)C(C)(C)C4C=CC=CC54)NC(c4ccc5ccccc5c4)N3)cc21. The Bertz CT molecular complexity index is 2150. The van der Waals surface area contributed by atoms with Gasteiger partial charge in [0.25, 0.3) is 0 Å². The maximum atomic E-state index is 5.41. The summed E-state index contributed by atoms with van der Waals surface area (Å²) in [6.07, 6.45) is 8.88. The molecule has 226 valence electrons. The van der Waals surface area contributed by atoms with E-state index >= 15 is 0 Å². The van der Waals surface area contributed by atoms with Crippen molar-refractivity contribution < 1.29 is 0 Å². The number of aliphatic imine (C=N–C) groups is 1. The molecule has 46 heavy (non-hydrogen) atoms. The second-order valence-corrected chi connectivity index (χ2v) is 14.6. The molecule has 0 radical (unpaired) electrons. The van der Waals surface area contributed by atoms with Gasteiger partial charge in [-0.15, -0.1) is 0 Å². The van der Waals surface area contributed by atoms with E-state index in [4.69, 9.17) is 4.99 Å². The number of nitrogens with one attached hydrogen (secondary N) is 2. The highest BCUT2D eigenvalue weighted by molar-refractivity contribution is 6.00. The van der Waals surface area contributed by atoms with Crippen molar-refractivity contribution in [2.24, 2.45) is 10.9 Å². The van der Waals surface area contributed by atoms with Gasteiger partial charge in [-0.1, -0.05) is 143 Å². The van der Waals surface area contributed by atoms with E-state index in [2.05, 4.69) is 166 Å². The molecule has 3 heteroatoms. The maximum absolute atomic E-state index is 5.41. The summed E-state index contributed by atoms with van der Waals surface area (Å²) in [5.74, 6) is 1.84. The van der Waals surface area contributed by atoms with E-state index in [0.29, 0.717) is 11.8 Å². The van der Waals surface area contributed by atoms with Gasteiger partial charge in [0.05, 0.1) is 0 Å². The molecule has 0 saturated heterocycles. The molecular formula is C43H39N3. The Kier molecular flexibility index (Phi) is 5.92. The van der Waals surface area contributed by atoms with Crippen LogP contribution in [0.5, 0.6) is 0 Å². The molecule has 0 aromatic heterocycles. The number of nitrogens with zero attached hydrogens (tertiary/aromatic N) is 1. The van der Waals surface area contributed by atoms with Crippen LogP contribution in [-0.2, 0) is 10.8 Å². The van der Waals surface area contributed by atoms with Crippen LogP contribution in [0.2, 0.25) is 0 Å². The molecule has 4 aliphatic rings. The van der Waals surface area contributed by atoms with Crippen molar-refractivity contribution in [3.05, 3.63) is 166 Å². The lowest BCUT2D eigenvalue weighted by molar-refractivity contribution is 0.394. The van der Waals surface area contributed by atoms with Gasteiger partial charge in [0.15, 0.2) is 0 Å². The molecule has 4 atom stereocenters. The topological polar surface area (TPSA) is 36.4 Å². The van der Waals surface area contributed by atoms with Gasteiger partial charge >= 0.3 is 0 Å². The van der Waals surface area contributed by atoms with Gasteiger partial charge in [0.2, 0.25) is 0 Å². The summed E-state index contributed by atoms with van der Waals surface area (Å²) in [5, 5.41) is 10.2. The molecule has 3 aliphatic carbocycles. The Hall–Kier alpha value is -4.73. The largest absolute Gasteiger partial charge is 0.350 e. The lowest BCUT2D eigenvalue weighted by Gasteiger charge is -2.33. The predicted molar refractivity (Wildman–Crippen MR) is 190 cm³/mol. The third-order valence-electron chi connectivity index (χ3n) is 11.2. The van der Waals surface area contributed by atoms with Crippen LogP contribution in [0.25, 0.3) is 21.9 Å². The first-order valence-corrected chi connectivity index (χ1v) is 16.6. The average molecular weight is 598 g/mol. The van der Waals surface area contributed by atoms with Gasteiger partial charge < -0.3 is 5.32 Å². The molecule has 0 spiro atoms. The average Bonchev–Trinajstić information content (AvgIpc) is 3.47. The zero-order valence-corrected chi connectivity index (χ0v) is 26.9. The van der Waals surface area contributed by atoms with Crippen molar-refractivity contribution in [1.29, 1.82) is 0 Å². The summed E-state index contributed by atoms with van der Waals surface area (Å²) in [4.78, 5) is 5.41. The zero-order valence-electron chi connectivity index (χ0n) is 26.9. The van der Waals surface area contributed by atoms with Gasteiger partial charge in [-0.2, -0.15) is 0 Å². The molecule has 4 unspecified atom stereocenters. The van der Waals surface area contributed by atoms with E-state index in [1.54, 1.807) is 0 Å². The van der Waals surface area contributed by atoms with Crippen molar-refractivity contribution in [1.82, 2.24) is 10.6 Å². The molecule has 3 nitrogen and oxygen atoms in total. The first kappa shape index (κ1) is 27.6. The van der Waals surface area contributed by atoms with Crippen molar-refractivity contribution in [2.45, 2.75) is 56.8 Å². The first-order valence-electron chi connectivity index (χ1n) is 16.6. The van der Waals surface area contributed by atoms with Crippen LogP contribution in [0.1, 0.15) is 84.9 Å². The molecule has 1 aliphatic heterocycles. The van der Waals surface area contributed by atoms with Crippen LogP contribution < -0.4 is 10.6 Å². The lowest BCUT2D eigenvalue weighted by Crippen LogP contribution is -2.45. The highest BCUT2D eigenvalue weighted by Crippen LogP contribution is 2.53. The Labute approximate surface area is 271 Å². The number of allylic oxidation sites excluding steroid dienone is 4. The van der Waals surface area contributed by atoms with Crippen LogP contribution in [0.3, 0.4) is 0 Å².